The maximum Gasteiger partial charge on any atom is 0.193 e. The molecule has 1 aromatic carbocycles. The third kappa shape index (κ3) is 5.65. The molecule has 0 unspecified atom stereocenters. The SMILES string of the molecule is CCNC(=NCCc1ccc(OC)cc1)N1CCSC(C)(C)C1. The molecule has 0 aliphatic carbocycles. The van der Waals surface area contributed by atoms with Gasteiger partial charge in [-0.3, -0.25) is 4.99 Å². The first-order valence-electron chi connectivity index (χ1n) is 8.34. The molecule has 0 amide bonds. The van der Waals surface area contributed by atoms with Crippen LogP contribution in [0.15, 0.2) is 29.3 Å². The van der Waals surface area contributed by atoms with Gasteiger partial charge in [-0.1, -0.05) is 12.1 Å². The molecule has 1 aliphatic heterocycles. The summed E-state index contributed by atoms with van der Waals surface area (Å²) in [6.07, 6.45) is 0.949. The van der Waals surface area contributed by atoms with Gasteiger partial charge >= 0.3 is 0 Å². The first-order chi connectivity index (χ1) is 11.0. The van der Waals surface area contributed by atoms with Gasteiger partial charge in [-0.15, -0.1) is 0 Å². The van der Waals surface area contributed by atoms with Crippen LogP contribution in [0.4, 0.5) is 0 Å². The van der Waals surface area contributed by atoms with Crippen LogP contribution in [0.2, 0.25) is 0 Å². The van der Waals surface area contributed by atoms with Gasteiger partial charge in [0.15, 0.2) is 5.96 Å². The second-order valence-electron chi connectivity index (χ2n) is 6.36. The van der Waals surface area contributed by atoms with Gasteiger partial charge in [-0.2, -0.15) is 11.8 Å². The number of aliphatic imine (C=N–C) groups is 1. The minimum Gasteiger partial charge on any atom is -0.497 e. The van der Waals surface area contributed by atoms with E-state index < -0.39 is 0 Å². The van der Waals surface area contributed by atoms with E-state index in [9.17, 15) is 0 Å². The number of methoxy groups -OCH3 is 1. The predicted molar refractivity (Wildman–Crippen MR) is 101 cm³/mol. The van der Waals surface area contributed by atoms with Gasteiger partial charge in [0.05, 0.1) is 7.11 Å². The number of ether oxygens (including phenoxy) is 1. The molecule has 1 aromatic rings. The zero-order valence-electron chi connectivity index (χ0n) is 14.8. The number of nitrogens with one attached hydrogen (secondary N) is 1. The number of nitrogens with zero attached hydrogens (tertiary/aromatic N) is 2. The van der Waals surface area contributed by atoms with E-state index >= 15 is 0 Å². The van der Waals surface area contributed by atoms with Crippen molar-refractivity contribution in [1.82, 2.24) is 10.2 Å². The predicted octanol–water partition coefficient (Wildman–Crippen LogP) is 3.03. The summed E-state index contributed by atoms with van der Waals surface area (Å²) in [7, 11) is 1.69. The van der Waals surface area contributed by atoms with Gasteiger partial charge in [0.1, 0.15) is 5.75 Å². The molecule has 1 saturated heterocycles. The van der Waals surface area contributed by atoms with Crippen molar-refractivity contribution in [2.45, 2.75) is 31.9 Å². The van der Waals surface area contributed by atoms with Crippen molar-refractivity contribution in [3.8, 4) is 5.75 Å². The number of hydrogen-bond acceptors (Lipinski definition) is 3. The number of thioether (sulfide) groups is 1. The maximum absolute atomic E-state index is 5.20. The Kier molecular flexibility index (Phi) is 6.63. The van der Waals surface area contributed by atoms with Gasteiger partial charge in [0.2, 0.25) is 0 Å². The van der Waals surface area contributed by atoms with E-state index in [0.717, 1.165) is 50.1 Å². The summed E-state index contributed by atoms with van der Waals surface area (Å²) in [5.74, 6) is 3.11. The molecule has 128 valence electrons. The number of benzene rings is 1. The van der Waals surface area contributed by atoms with E-state index in [4.69, 9.17) is 9.73 Å². The molecule has 5 heteroatoms. The number of hydrogen-bond donors (Lipinski definition) is 1. The quantitative estimate of drug-likeness (QED) is 0.663. The molecular weight excluding hydrogens is 306 g/mol. The van der Waals surface area contributed by atoms with Gasteiger partial charge in [-0.05, 0) is 44.9 Å². The van der Waals surface area contributed by atoms with Gasteiger partial charge in [-0.25, -0.2) is 0 Å². The molecular formula is C18H29N3OS. The third-order valence-corrected chi connectivity index (χ3v) is 5.18. The van der Waals surface area contributed by atoms with Crippen LogP contribution < -0.4 is 10.1 Å². The molecule has 1 aliphatic rings. The van der Waals surface area contributed by atoms with Crippen LogP contribution in [0.5, 0.6) is 5.75 Å². The van der Waals surface area contributed by atoms with Crippen LogP contribution in [0.3, 0.4) is 0 Å². The molecule has 0 spiro atoms. The van der Waals surface area contributed by atoms with Gasteiger partial charge in [0, 0.05) is 36.7 Å². The summed E-state index contributed by atoms with van der Waals surface area (Å²) in [5.41, 5.74) is 1.29. The normalized spacial score (nSPS) is 17.9. The molecule has 1 heterocycles. The summed E-state index contributed by atoms with van der Waals surface area (Å²) < 4.78 is 5.49. The van der Waals surface area contributed by atoms with Crippen molar-refractivity contribution < 1.29 is 4.74 Å². The van der Waals surface area contributed by atoms with Crippen LogP contribution in [0, 0.1) is 0 Å². The monoisotopic (exact) mass is 335 g/mol. The Morgan fingerprint density at radius 3 is 2.70 bits per heavy atom. The van der Waals surface area contributed by atoms with Crippen molar-refractivity contribution in [3.63, 3.8) is 0 Å². The topological polar surface area (TPSA) is 36.9 Å². The number of guanidine groups is 1. The molecule has 0 saturated carbocycles. The van der Waals surface area contributed by atoms with E-state index in [1.165, 1.54) is 5.56 Å². The van der Waals surface area contributed by atoms with Crippen molar-refractivity contribution in [2.75, 3.05) is 39.0 Å². The lowest BCUT2D eigenvalue weighted by Gasteiger charge is -2.39. The molecule has 4 nitrogen and oxygen atoms in total. The Labute approximate surface area is 144 Å². The Balaban J connectivity index is 1.95. The van der Waals surface area contributed by atoms with Crippen molar-refractivity contribution >= 4 is 17.7 Å². The Hall–Kier alpha value is -1.36. The molecule has 0 aromatic heterocycles. The highest BCUT2D eigenvalue weighted by molar-refractivity contribution is 8.00. The average molecular weight is 336 g/mol. The summed E-state index contributed by atoms with van der Waals surface area (Å²) >= 11 is 2.05. The first kappa shape index (κ1) is 18.0. The molecule has 2 rings (SSSR count). The Bertz CT molecular complexity index is 514. The summed E-state index contributed by atoms with van der Waals surface area (Å²) in [6, 6.07) is 8.24. The summed E-state index contributed by atoms with van der Waals surface area (Å²) in [6.45, 7) is 10.6. The lowest BCUT2D eigenvalue weighted by Crippen LogP contribution is -2.51. The standard InChI is InChI=1S/C18H29N3OS/c1-5-19-17(21-12-13-23-18(2,3)14-21)20-11-10-15-6-8-16(22-4)9-7-15/h6-9H,5,10-14H2,1-4H3,(H,19,20). The molecule has 23 heavy (non-hydrogen) atoms. The second-order valence-corrected chi connectivity index (χ2v) is 8.17. The van der Waals surface area contributed by atoms with Crippen LogP contribution in [0.1, 0.15) is 26.3 Å². The maximum atomic E-state index is 5.20. The largest absolute Gasteiger partial charge is 0.497 e. The van der Waals surface area contributed by atoms with E-state index in [0.29, 0.717) is 4.75 Å². The van der Waals surface area contributed by atoms with Crippen LogP contribution in [0.25, 0.3) is 0 Å². The Morgan fingerprint density at radius 1 is 1.35 bits per heavy atom. The van der Waals surface area contributed by atoms with Crippen LogP contribution in [-0.2, 0) is 6.42 Å². The molecule has 1 fully saturated rings. The highest BCUT2D eigenvalue weighted by Gasteiger charge is 2.28. The van der Waals surface area contributed by atoms with Crippen molar-refractivity contribution in [1.29, 1.82) is 0 Å². The first-order valence-corrected chi connectivity index (χ1v) is 9.33. The summed E-state index contributed by atoms with van der Waals surface area (Å²) in [5, 5.41) is 3.44. The zero-order valence-corrected chi connectivity index (χ0v) is 15.6. The Morgan fingerprint density at radius 2 is 2.09 bits per heavy atom. The zero-order chi connectivity index (χ0) is 16.7. The molecule has 0 bridgehead atoms. The van der Waals surface area contributed by atoms with Crippen molar-refractivity contribution in [2.24, 2.45) is 4.99 Å². The highest BCUT2D eigenvalue weighted by atomic mass is 32.2. The third-order valence-electron chi connectivity index (χ3n) is 3.88. The lowest BCUT2D eigenvalue weighted by atomic mass is 10.1. The van der Waals surface area contributed by atoms with E-state index in [-0.39, 0.29) is 0 Å². The van der Waals surface area contributed by atoms with E-state index in [2.05, 4.69) is 43.1 Å². The highest BCUT2D eigenvalue weighted by Crippen LogP contribution is 2.29. The molecule has 0 atom stereocenters. The van der Waals surface area contributed by atoms with Gasteiger partial charge in [0.25, 0.3) is 0 Å². The van der Waals surface area contributed by atoms with E-state index in [1.54, 1.807) is 7.11 Å². The van der Waals surface area contributed by atoms with Crippen LogP contribution in [-0.4, -0.2) is 54.6 Å². The molecule has 1 N–H and O–H groups in total. The minimum absolute atomic E-state index is 0.296. The molecule has 0 radical (unpaired) electrons. The smallest absolute Gasteiger partial charge is 0.193 e. The number of rotatable bonds is 5. The van der Waals surface area contributed by atoms with E-state index in [1.807, 2.05) is 23.9 Å². The fourth-order valence-electron chi connectivity index (χ4n) is 2.71. The fourth-order valence-corrected chi connectivity index (χ4v) is 3.82. The average Bonchev–Trinajstić information content (AvgIpc) is 2.54. The lowest BCUT2D eigenvalue weighted by molar-refractivity contribution is 0.376. The summed E-state index contributed by atoms with van der Waals surface area (Å²) in [4.78, 5) is 7.23. The fraction of sp³-hybridized carbons (Fsp3) is 0.611. The van der Waals surface area contributed by atoms with Gasteiger partial charge < -0.3 is 15.0 Å². The minimum atomic E-state index is 0.296. The van der Waals surface area contributed by atoms with Crippen LogP contribution >= 0.6 is 11.8 Å². The van der Waals surface area contributed by atoms with Crippen molar-refractivity contribution in [3.05, 3.63) is 29.8 Å². The second kappa shape index (κ2) is 8.48.